The number of hydrogen-bond donors (Lipinski definition) is 2. The molecule has 0 saturated heterocycles. The first-order valence-corrected chi connectivity index (χ1v) is 15.4. The zero-order valence-corrected chi connectivity index (χ0v) is 28.3. The second-order valence-electron chi connectivity index (χ2n) is 10.5. The molecule has 2 bridgehead atoms. The van der Waals surface area contributed by atoms with Crippen LogP contribution in [0.3, 0.4) is 0 Å². The van der Waals surface area contributed by atoms with E-state index in [4.69, 9.17) is 24.6 Å². The molecule has 238 valence electrons. The summed E-state index contributed by atoms with van der Waals surface area (Å²) in [6.45, 7) is 21.6. The molecule has 2 N–H and O–H groups in total. The third-order valence-electron chi connectivity index (χ3n) is 5.94. The Morgan fingerprint density at radius 1 is 1.12 bits per heavy atom. The topological polar surface area (TPSA) is 107 Å². The number of pyridine rings is 1. The average Bonchev–Trinajstić information content (AvgIpc) is 3.34. The van der Waals surface area contributed by atoms with E-state index in [2.05, 4.69) is 50.0 Å². The lowest BCUT2D eigenvalue weighted by Crippen LogP contribution is -2.19. The van der Waals surface area contributed by atoms with Crippen LogP contribution in [0.4, 0.5) is 5.82 Å². The molecule has 1 atom stereocenters. The predicted octanol–water partition coefficient (Wildman–Crippen LogP) is 8.59. The Balaban J connectivity index is 0.00000119. The SMILES string of the molecule is C/C=C/C=C1\N=C(/C)c2cnn(C)c2OCC(C)COc2cc(ncc2C(C(=N)OCC)=C(C)C)N1.CCC.CCCC. The Hall–Kier alpha value is -3.88. The van der Waals surface area contributed by atoms with Crippen LogP contribution < -0.4 is 14.8 Å². The van der Waals surface area contributed by atoms with Crippen molar-refractivity contribution in [3.63, 3.8) is 0 Å². The molecule has 1 aliphatic heterocycles. The number of fused-ring (bicyclic) bond motifs is 3. The lowest BCUT2D eigenvalue weighted by molar-refractivity contribution is 0.179. The Morgan fingerprint density at radius 3 is 2.35 bits per heavy atom. The van der Waals surface area contributed by atoms with Gasteiger partial charge in [-0.3, -0.25) is 5.41 Å². The number of nitrogens with one attached hydrogen (secondary N) is 2. The largest absolute Gasteiger partial charge is 0.492 e. The van der Waals surface area contributed by atoms with Gasteiger partial charge in [-0.1, -0.05) is 71.6 Å². The zero-order chi connectivity index (χ0) is 32.4. The van der Waals surface area contributed by atoms with E-state index in [-0.39, 0.29) is 11.8 Å². The summed E-state index contributed by atoms with van der Waals surface area (Å²) >= 11 is 0. The van der Waals surface area contributed by atoms with Gasteiger partial charge in [-0.2, -0.15) is 5.10 Å². The molecule has 2 aromatic heterocycles. The lowest BCUT2D eigenvalue weighted by atomic mass is 10.0. The summed E-state index contributed by atoms with van der Waals surface area (Å²) in [6.07, 6.45) is 13.1. The number of aryl methyl sites for hydroxylation is 1. The molecule has 0 amide bonds. The van der Waals surface area contributed by atoms with Crippen molar-refractivity contribution in [2.75, 3.05) is 25.1 Å². The first-order valence-electron chi connectivity index (χ1n) is 15.4. The van der Waals surface area contributed by atoms with Crippen LogP contribution in [0.5, 0.6) is 11.6 Å². The van der Waals surface area contributed by atoms with Gasteiger partial charge in [0.05, 0.1) is 37.3 Å². The number of rotatable bonds is 5. The van der Waals surface area contributed by atoms with Gasteiger partial charge in [0.2, 0.25) is 11.8 Å². The van der Waals surface area contributed by atoms with Crippen molar-refractivity contribution >= 4 is 23.0 Å². The summed E-state index contributed by atoms with van der Waals surface area (Å²) in [5.74, 6) is 2.60. The minimum Gasteiger partial charge on any atom is -0.492 e. The molecule has 0 aromatic carbocycles. The summed E-state index contributed by atoms with van der Waals surface area (Å²) in [4.78, 5) is 9.43. The van der Waals surface area contributed by atoms with Crippen molar-refractivity contribution in [3.05, 3.63) is 59.2 Å². The van der Waals surface area contributed by atoms with Gasteiger partial charge in [0.25, 0.3) is 0 Å². The van der Waals surface area contributed by atoms with E-state index in [1.807, 2.05) is 66.0 Å². The van der Waals surface area contributed by atoms with Crippen LogP contribution >= 0.6 is 0 Å². The number of aromatic nitrogens is 3. The van der Waals surface area contributed by atoms with Crippen LogP contribution in [0.25, 0.3) is 5.57 Å². The number of nitrogens with zero attached hydrogens (tertiary/aromatic N) is 4. The fourth-order valence-corrected chi connectivity index (χ4v) is 3.66. The maximum atomic E-state index is 8.45. The second-order valence-corrected chi connectivity index (χ2v) is 10.5. The molecule has 0 spiro atoms. The Labute approximate surface area is 259 Å². The minimum atomic E-state index is 0.0806. The smallest absolute Gasteiger partial charge is 0.220 e. The zero-order valence-electron chi connectivity index (χ0n) is 28.3. The highest BCUT2D eigenvalue weighted by molar-refractivity contribution is 6.19. The normalized spacial score (nSPS) is 16.8. The second kappa shape index (κ2) is 20.1. The lowest BCUT2D eigenvalue weighted by Gasteiger charge is -2.20. The van der Waals surface area contributed by atoms with Gasteiger partial charge in [-0.15, -0.1) is 0 Å². The van der Waals surface area contributed by atoms with Crippen molar-refractivity contribution in [2.45, 2.75) is 88.5 Å². The van der Waals surface area contributed by atoms with Crippen LogP contribution in [0.1, 0.15) is 99.6 Å². The van der Waals surface area contributed by atoms with E-state index >= 15 is 0 Å². The summed E-state index contributed by atoms with van der Waals surface area (Å²) in [6, 6.07) is 1.83. The standard InChI is InChI=1S/C27H36N6O3.C4H10.C3H8/c1-8-10-11-23-31-19(6)20-14-30-33(7)27(20)36-16-18(5)15-35-22-12-24(32-23)29-13-21(22)25(17(3)4)26(28)34-9-2;1-3-4-2;1-3-2/h8,10-14,18,28H,9,15-16H2,1-7H3,(H,29,32);3-4H2,1-2H3;3H2,1-2H3/b10-8+,23-11+,28-26?,31-19+;;. The van der Waals surface area contributed by atoms with Crippen molar-refractivity contribution in [3.8, 4) is 11.6 Å². The maximum Gasteiger partial charge on any atom is 0.220 e. The van der Waals surface area contributed by atoms with Crippen molar-refractivity contribution in [1.82, 2.24) is 14.8 Å². The summed E-state index contributed by atoms with van der Waals surface area (Å²) in [5.41, 5.74) is 3.88. The van der Waals surface area contributed by atoms with E-state index in [0.717, 1.165) is 16.8 Å². The average molecular weight is 595 g/mol. The monoisotopic (exact) mass is 594 g/mol. The number of allylic oxidation sites excluding steroid dienone is 4. The van der Waals surface area contributed by atoms with Gasteiger partial charge in [0.1, 0.15) is 17.4 Å². The van der Waals surface area contributed by atoms with Gasteiger partial charge in [0.15, 0.2) is 0 Å². The number of aliphatic imine (C=N–C) groups is 1. The Kier molecular flexibility index (Phi) is 17.4. The quantitative estimate of drug-likeness (QED) is 0.265. The molecule has 0 saturated carbocycles. The highest BCUT2D eigenvalue weighted by atomic mass is 16.5. The molecule has 0 aliphatic carbocycles. The molecule has 3 heterocycles. The van der Waals surface area contributed by atoms with Crippen LogP contribution in [0.15, 0.2) is 53.1 Å². The first-order chi connectivity index (χ1) is 20.6. The molecular formula is C34H54N6O3. The van der Waals surface area contributed by atoms with Gasteiger partial charge in [-0.25, -0.2) is 14.7 Å². The molecule has 3 rings (SSSR count). The molecule has 0 fully saturated rings. The molecule has 1 aliphatic rings. The third kappa shape index (κ3) is 12.1. The van der Waals surface area contributed by atoms with Crippen molar-refractivity contribution in [2.24, 2.45) is 18.0 Å². The van der Waals surface area contributed by atoms with E-state index < -0.39 is 0 Å². The summed E-state index contributed by atoms with van der Waals surface area (Å²) in [5, 5.41) is 16.1. The van der Waals surface area contributed by atoms with Gasteiger partial charge < -0.3 is 19.5 Å². The molecule has 1 unspecified atom stereocenters. The fraction of sp³-hybridized carbons (Fsp3) is 0.529. The number of unbranched alkanes of at least 4 members (excludes halogenated alkanes) is 1. The third-order valence-corrected chi connectivity index (χ3v) is 5.94. The van der Waals surface area contributed by atoms with Crippen LogP contribution in [-0.2, 0) is 11.8 Å². The molecule has 2 aromatic rings. The summed E-state index contributed by atoms with van der Waals surface area (Å²) < 4.78 is 19.7. The molecule has 43 heavy (non-hydrogen) atoms. The molecule has 0 radical (unpaired) electrons. The Morgan fingerprint density at radius 2 is 1.77 bits per heavy atom. The van der Waals surface area contributed by atoms with E-state index in [1.165, 1.54) is 19.3 Å². The van der Waals surface area contributed by atoms with Gasteiger partial charge in [0, 0.05) is 36.4 Å². The maximum absolute atomic E-state index is 8.45. The van der Waals surface area contributed by atoms with Gasteiger partial charge in [-0.05, 0) is 40.7 Å². The first kappa shape index (κ1) is 37.1. The van der Waals surface area contributed by atoms with Crippen LogP contribution in [0.2, 0.25) is 0 Å². The van der Waals surface area contributed by atoms with Crippen LogP contribution in [-0.4, -0.2) is 46.2 Å². The molecular weight excluding hydrogens is 540 g/mol. The van der Waals surface area contributed by atoms with Gasteiger partial charge >= 0.3 is 0 Å². The number of ether oxygens (including phenoxy) is 3. The highest BCUT2D eigenvalue weighted by Gasteiger charge is 2.20. The van der Waals surface area contributed by atoms with Crippen molar-refractivity contribution in [1.29, 1.82) is 5.41 Å². The van der Waals surface area contributed by atoms with Crippen molar-refractivity contribution < 1.29 is 14.2 Å². The fourth-order valence-electron chi connectivity index (χ4n) is 3.66. The molecule has 9 heteroatoms. The van der Waals surface area contributed by atoms with E-state index in [1.54, 1.807) is 17.1 Å². The molecule has 9 nitrogen and oxygen atoms in total. The summed E-state index contributed by atoms with van der Waals surface area (Å²) in [7, 11) is 1.85. The minimum absolute atomic E-state index is 0.0806. The van der Waals surface area contributed by atoms with Crippen LogP contribution in [0, 0.1) is 11.3 Å². The Bertz CT molecular complexity index is 1270. The predicted molar refractivity (Wildman–Crippen MR) is 180 cm³/mol. The van der Waals surface area contributed by atoms with E-state index in [9.17, 15) is 0 Å². The van der Waals surface area contributed by atoms with E-state index in [0.29, 0.717) is 54.2 Å². The number of anilines is 1. The highest BCUT2D eigenvalue weighted by Crippen LogP contribution is 2.32. The number of hydrogen-bond acceptors (Lipinski definition) is 8.